The number of hydrogen-bond acceptors (Lipinski definition) is 1. The van der Waals surface area contributed by atoms with E-state index in [0.717, 1.165) is 0 Å². The number of halogens is 1. The number of benzene rings is 2. The molecule has 0 saturated carbocycles. The van der Waals surface area contributed by atoms with Crippen molar-refractivity contribution < 1.29 is 0 Å². The molecule has 0 radical (unpaired) electrons. The highest BCUT2D eigenvalue weighted by Crippen LogP contribution is 2.19. The lowest BCUT2D eigenvalue weighted by Gasteiger charge is -2.05. The SMILES string of the molecule is CN(C)C=Cc1cccc2ccccc12.Cl. The second-order valence-corrected chi connectivity index (χ2v) is 3.85. The van der Waals surface area contributed by atoms with Crippen LogP contribution in [0.15, 0.2) is 48.7 Å². The third-order valence-corrected chi connectivity index (χ3v) is 2.38. The summed E-state index contributed by atoms with van der Waals surface area (Å²) in [5, 5.41) is 2.59. The molecule has 2 heteroatoms. The van der Waals surface area contributed by atoms with Gasteiger partial charge in [-0.25, -0.2) is 0 Å². The van der Waals surface area contributed by atoms with E-state index in [-0.39, 0.29) is 12.4 Å². The van der Waals surface area contributed by atoms with Gasteiger partial charge in [0.25, 0.3) is 0 Å². The van der Waals surface area contributed by atoms with Crippen molar-refractivity contribution in [3.63, 3.8) is 0 Å². The quantitative estimate of drug-likeness (QED) is 0.763. The Morgan fingerprint density at radius 2 is 1.62 bits per heavy atom. The van der Waals surface area contributed by atoms with Crippen molar-refractivity contribution in [2.24, 2.45) is 0 Å². The molecular formula is C14H16ClN. The first-order chi connectivity index (χ1) is 7.27. The van der Waals surface area contributed by atoms with E-state index >= 15 is 0 Å². The van der Waals surface area contributed by atoms with Crippen LogP contribution in [0.1, 0.15) is 5.56 Å². The Kier molecular flexibility index (Phi) is 4.39. The van der Waals surface area contributed by atoms with Crippen LogP contribution < -0.4 is 0 Å². The first kappa shape index (κ1) is 12.6. The van der Waals surface area contributed by atoms with Gasteiger partial charge >= 0.3 is 0 Å². The van der Waals surface area contributed by atoms with Gasteiger partial charge in [-0.1, -0.05) is 42.5 Å². The van der Waals surface area contributed by atoms with E-state index in [1.165, 1.54) is 16.3 Å². The van der Waals surface area contributed by atoms with Crippen molar-refractivity contribution >= 4 is 29.3 Å². The van der Waals surface area contributed by atoms with Crippen molar-refractivity contribution in [2.75, 3.05) is 14.1 Å². The fraction of sp³-hybridized carbons (Fsp3) is 0.143. The van der Waals surface area contributed by atoms with Crippen molar-refractivity contribution in [3.8, 4) is 0 Å². The van der Waals surface area contributed by atoms with Crippen LogP contribution >= 0.6 is 12.4 Å². The van der Waals surface area contributed by atoms with Crippen LogP contribution in [0.3, 0.4) is 0 Å². The normalized spacial score (nSPS) is 10.4. The molecule has 0 fully saturated rings. The van der Waals surface area contributed by atoms with Crippen molar-refractivity contribution in [3.05, 3.63) is 54.2 Å². The predicted molar refractivity (Wildman–Crippen MR) is 73.9 cm³/mol. The van der Waals surface area contributed by atoms with Crippen LogP contribution in [0, 0.1) is 0 Å². The Balaban J connectivity index is 0.00000128. The molecule has 0 bridgehead atoms. The molecule has 0 heterocycles. The Morgan fingerprint density at radius 3 is 2.38 bits per heavy atom. The van der Waals surface area contributed by atoms with Crippen LogP contribution in [-0.4, -0.2) is 19.0 Å². The summed E-state index contributed by atoms with van der Waals surface area (Å²) in [6.45, 7) is 0. The zero-order valence-corrected chi connectivity index (χ0v) is 10.4. The summed E-state index contributed by atoms with van der Waals surface area (Å²) in [5.74, 6) is 0. The molecule has 1 nitrogen and oxygen atoms in total. The second-order valence-electron chi connectivity index (χ2n) is 3.85. The highest BCUT2D eigenvalue weighted by Gasteiger charge is 1.95. The fourth-order valence-corrected chi connectivity index (χ4v) is 1.63. The van der Waals surface area contributed by atoms with Gasteiger partial charge in [-0.05, 0) is 28.6 Å². The van der Waals surface area contributed by atoms with E-state index in [2.05, 4.69) is 54.7 Å². The highest BCUT2D eigenvalue weighted by molar-refractivity contribution is 5.90. The first-order valence-corrected chi connectivity index (χ1v) is 5.10. The van der Waals surface area contributed by atoms with Crippen molar-refractivity contribution in [2.45, 2.75) is 0 Å². The van der Waals surface area contributed by atoms with Gasteiger partial charge < -0.3 is 4.90 Å². The largest absolute Gasteiger partial charge is 0.383 e. The maximum atomic E-state index is 2.16. The molecule has 2 aromatic carbocycles. The maximum absolute atomic E-state index is 2.16. The van der Waals surface area contributed by atoms with Gasteiger partial charge in [0, 0.05) is 14.1 Å². The molecule has 0 aromatic heterocycles. The van der Waals surface area contributed by atoms with E-state index in [4.69, 9.17) is 0 Å². The summed E-state index contributed by atoms with van der Waals surface area (Å²) >= 11 is 0. The lowest BCUT2D eigenvalue weighted by molar-refractivity contribution is 0.567. The average Bonchev–Trinajstić information content (AvgIpc) is 2.26. The zero-order valence-electron chi connectivity index (χ0n) is 9.55. The summed E-state index contributed by atoms with van der Waals surface area (Å²) in [4.78, 5) is 2.04. The highest BCUT2D eigenvalue weighted by atomic mass is 35.5. The van der Waals surface area contributed by atoms with Gasteiger partial charge in [-0.3, -0.25) is 0 Å². The molecule has 0 aliphatic heterocycles. The minimum atomic E-state index is 0. The third kappa shape index (κ3) is 2.77. The standard InChI is InChI=1S/C14H15N.ClH/c1-15(2)11-10-13-8-5-7-12-6-3-4-9-14(12)13;/h3-11H,1-2H3;1H. The summed E-state index contributed by atoms with van der Waals surface area (Å²) in [5.41, 5.74) is 1.27. The lowest BCUT2D eigenvalue weighted by atomic mass is 10.0. The molecule has 0 aliphatic carbocycles. The number of nitrogens with zero attached hydrogens (tertiary/aromatic N) is 1. The van der Waals surface area contributed by atoms with Gasteiger partial charge in [0.15, 0.2) is 0 Å². The minimum Gasteiger partial charge on any atom is -0.383 e. The number of hydrogen-bond donors (Lipinski definition) is 0. The van der Waals surface area contributed by atoms with Gasteiger partial charge in [-0.2, -0.15) is 0 Å². The number of fused-ring (bicyclic) bond motifs is 1. The number of rotatable bonds is 2. The molecule has 2 rings (SSSR count). The molecule has 0 amide bonds. The van der Waals surface area contributed by atoms with Crippen LogP contribution in [0.4, 0.5) is 0 Å². The van der Waals surface area contributed by atoms with Crippen molar-refractivity contribution in [1.82, 2.24) is 4.90 Å². The molecule has 0 unspecified atom stereocenters. The van der Waals surface area contributed by atoms with Gasteiger partial charge in [0.1, 0.15) is 0 Å². The predicted octanol–water partition coefficient (Wildman–Crippen LogP) is 3.79. The van der Waals surface area contributed by atoms with Gasteiger partial charge in [-0.15, -0.1) is 12.4 Å². The fourth-order valence-electron chi connectivity index (χ4n) is 1.63. The molecule has 0 atom stereocenters. The van der Waals surface area contributed by atoms with E-state index in [1.807, 2.05) is 19.0 Å². The zero-order chi connectivity index (χ0) is 10.7. The van der Waals surface area contributed by atoms with Crippen LogP contribution in [0.5, 0.6) is 0 Å². The Bertz CT molecular complexity index is 484. The minimum absolute atomic E-state index is 0. The van der Waals surface area contributed by atoms with E-state index < -0.39 is 0 Å². The van der Waals surface area contributed by atoms with Crippen molar-refractivity contribution in [1.29, 1.82) is 0 Å². The first-order valence-electron chi connectivity index (χ1n) is 5.10. The van der Waals surface area contributed by atoms with Gasteiger partial charge in [0.2, 0.25) is 0 Å². The Labute approximate surface area is 103 Å². The second kappa shape index (κ2) is 5.57. The molecule has 0 spiro atoms. The van der Waals surface area contributed by atoms with E-state index in [1.54, 1.807) is 0 Å². The molecule has 0 N–H and O–H groups in total. The van der Waals surface area contributed by atoms with Crippen LogP contribution in [-0.2, 0) is 0 Å². The summed E-state index contributed by atoms with van der Waals surface area (Å²) in [7, 11) is 4.06. The molecule has 0 aliphatic rings. The van der Waals surface area contributed by atoms with E-state index in [9.17, 15) is 0 Å². The molecule has 2 aromatic rings. The molecule has 0 saturated heterocycles. The lowest BCUT2D eigenvalue weighted by Crippen LogP contribution is -1.99. The monoisotopic (exact) mass is 233 g/mol. The van der Waals surface area contributed by atoms with Crippen LogP contribution in [0.2, 0.25) is 0 Å². The smallest absolute Gasteiger partial charge is 0.00556 e. The summed E-state index contributed by atoms with van der Waals surface area (Å²) in [6.07, 6.45) is 4.21. The Morgan fingerprint density at radius 1 is 0.938 bits per heavy atom. The molecular weight excluding hydrogens is 218 g/mol. The Hall–Kier alpha value is -1.47. The third-order valence-electron chi connectivity index (χ3n) is 2.38. The summed E-state index contributed by atoms with van der Waals surface area (Å²) in [6, 6.07) is 14.8. The van der Waals surface area contributed by atoms with Crippen LogP contribution in [0.25, 0.3) is 16.8 Å². The topological polar surface area (TPSA) is 3.24 Å². The van der Waals surface area contributed by atoms with Gasteiger partial charge in [0.05, 0.1) is 0 Å². The maximum Gasteiger partial charge on any atom is 0.00556 e. The van der Waals surface area contributed by atoms with E-state index in [0.29, 0.717) is 0 Å². The average molecular weight is 234 g/mol. The summed E-state index contributed by atoms with van der Waals surface area (Å²) < 4.78 is 0. The molecule has 84 valence electrons. The molecule has 16 heavy (non-hydrogen) atoms.